The van der Waals surface area contributed by atoms with Gasteiger partial charge < -0.3 is 15.4 Å². The smallest absolute Gasteiger partial charge is 0.251 e. The lowest BCUT2D eigenvalue weighted by Gasteiger charge is -2.10. The molecule has 5 nitrogen and oxygen atoms in total. The molecule has 0 aliphatic rings. The molecule has 5 heteroatoms. The Labute approximate surface area is 135 Å². The minimum Gasteiger partial charge on any atom is -0.367 e. The van der Waals surface area contributed by atoms with Crippen LogP contribution in [-0.2, 0) is 16.1 Å². The third-order valence-electron chi connectivity index (χ3n) is 3.33. The van der Waals surface area contributed by atoms with Crippen molar-refractivity contribution in [3.63, 3.8) is 0 Å². The van der Waals surface area contributed by atoms with E-state index in [0.717, 1.165) is 11.1 Å². The predicted octanol–water partition coefficient (Wildman–Crippen LogP) is 2.51. The maximum Gasteiger partial charge on any atom is 0.251 e. The maximum atomic E-state index is 11.9. The van der Waals surface area contributed by atoms with Gasteiger partial charge in [-0.1, -0.05) is 30.3 Å². The lowest BCUT2D eigenvalue weighted by molar-refractivity contribution is -0.121. The van der Waals surface area contributed by atoms with Crippen LogP contribution in [0, 0.1) is 6.92 Å². The van der Waals surface area contributed by atoms with Gasteiger partial charge in [-0.15, -0.1) is 0 Å². The molecule has 0 fully saturated rings. The molecule has 0 bridgehead atoms. The van der Waals surface area contributed by atoms with Gasteiger partial charge in [0.25, 0.3) is 5.91 Å². The molecule has 0 unspecified atom stereocenters. The molecule has 0 saturated carbocycles. The average molecular weight is 312 g/mol. The summed E-state index contributed by atoms with van der Waals surface area (Å²) in [5, 5.41) is 5.35. The molecule has 0 aliphatic carbocycles. The molecule has 2 amide bonds. The molecule has 0 aromatic heterocycles. The molecule has 2 N–H and O–H groups in total. The quantitative estimate of drug-likeness (QED) is 0.861. The fraction of sp³-hybridized carbons (Fsp3) is 0.222. The lowest BCUT2D eigenvalue weighted by Crippen LogP contribution is -2.20. The van der Waals surface area contributed by atoms with E-state index < -0.39 is 0 Å². The first kappa shape index (κ1) is 16.7. The van der Waals surface area contributed by atoms with Crippen molar-refractivity contribution in [2.75, 3.05) is 19.0 Å². The maximum absolute atomic E-state index is 11.9. The summed E-state index contributed by atoms with van der Waals surface area (Å²) in [5.74, 6) is -0.381. The molecule has 0 spiro atoms. The molecule has 2 aromatic carbocycles. The number of ether oxygens (including phenoxy) is 1. The molecular formula is C18H20N2O3. The number of carbonyl (C=O) groups excluding carboxylic acids is 2. The number of rotatable bonds is 6. The molecule has 0 heterocycles. The monoisotopic (exact) mass is 312 g/mol. The van der Waals surface area contributed by atoms with Crippen molar-refractivity contribution in [3.8, 4) is 0 Å². The molecule has 0 atom stereocenters. The lowest BCUT2D eigenvalue weighted by atomic mass is 10.1. The van der Waals surface area contributed by atoms with Gasteiger partial charge in [-0.05, 0) is 36.2 Å². The summed E-state index contributed by atoms with van der Waals surface area (Å²) in [6.45, 7) is 2.21. The van der Waals surface area contributed by atoms with Gasteiger partial charge >= 0.3 is 0 Å². The van der Waals surface area contributed by atoms with E-state index in [1.807, 2.05) is 37.3 Å². The summed E-state index contributed by atoms with van der Waals surface area (Å²) in [7, 11) is 1.58. The molecule has 0 aliphatic heterocycles. The van der Waals surface area contributed by atoms with Crippen molar-refractivity contribution in [1.82, 2.24) is 5.32 Å². The summed E-state index contributed by atoms with van der Waals surface area (Å²) in [6.07, 6.45) is 0. The number of hydrogen-bond acceptors (Lipinski definition) is 3. The standard InChI is InChI=1S/C18H20N2O3/c1-13-10-15(18(22)19-2)8-9-16(13)20-17(21)12-23-11-14-6-4-3-5-7-14/h3-10H,11-12H2,1-2H3,(H,19,22)(H,20,21). The van der Waals surface area contributed by atoms with Crippen LogP contribution in [0.15, 0.2) is 48.5 Å². The Hall–Kier alpha value is -2.66. The van der Waals surface area contributed by atoms with Crippen molar-refractivity contribution < 1.29 is 14.3 Å². The Morgan fingerprint density at radius 2 is 1.83 bits per heavy atom. The molecule has 23 heavy (non-hydrogen) atoms. The molecular weight excluding hydrogens is 292 g/mol. The molecule has 0 saturated heterocycles. The first-order valence-corrected chi connectivity index (χ1v) is 7.34. The fourth-order valence-electron chi connectivity index (χ4n) is 2.11. The first-order valence-electron chi connectivity index (χ1n) is 7.34. The Morgan fingerprint density at radius 1 is 1.09 bits per heavy atom. The highest BCUT2D eigenvalue weighted by Gasteiger charge is 2.08. The number of aryl methyl sites for hydroxylation is 1. The van der Waals surface area contributed by atoms with Crippen molar-refractivity contribution in [3.05, 3.63) is 65.2 Å². The van der Waals surface area contributed by atoms with Gasteiger partial charge in [0, 0.05) is 18.3 Å². The summed E-state index contributed by atoms with van der Waals surface area (Å²) in [4.78, 5) is 23.5. The number of nitrogens with one attached hydrogen (secondary N) is 2. The van der Waals surface area contributed by atoms with Crippen LogP contribution in [0.2, 0.25) is 0 Å². The number of carbonyl (C=O) groups is 2. The summed E-state index contributed by atoms with van der Waals surface area (Å²) in [6, 6.07) is 14.8. The molecule has 0 radical (unpaired) electrons. The van der Waals surface area contributed by atoms with Crippen molar-refractivity contribution in [2.24, 2.45) is 0 Å². The summed E-state index contributed by atoms with van der Waals surface area (Å²) in [5.41, 5.74) is 3.07. The van der Waals surface area contributed by atoms with Crippen LogP contribution < -0.4 is 10.6 Å². The van der Waals surface area contributed by atoms with E-state index in [-0.39, 0.29) is 18.4 Å². The average Bonchev–Trinajstić information content (AvgIpc) is 2.57. The highest BCUT2D eigenvalue weighted by molar-refractivity contribution is 5.96. The van der Waals surface area contributed by atoms with Crippen LogP contribution in [-0.4, -0.2) is 25.5 Å². The number of benzene rings is 2. The van der Waals surface area contributed by atoms with E-state index in [1.54, 1.807) is 25.2 Å². The zero-order chi connectivity index (χ0) is 16.7. The van der Waals surface area contributed by atoms with Gasteiger partial charge in [-0.25, -0.2) is 0 Å². The topological polar surface area (TPSA) is 67.4 Å². The van der Waals surface area contributed by atoms with Crippen molar-refractivity contribution in [2.45, 2.75) is 13.5 Å². The van der Waals surface area contributed by atoms with Crippen LogP contribution in [0.4, 0.5) is 5.69 Å². The van der Waals surface area contributed by atoms with Gasteiger partial charge in [-0.2, -0.15) is 0 Å². The Kier molecular flexibility index (Phi) is 5.88. The molecule has 2 aromatic rings. The van der Waals surface area contributed by atoms with Crippen molar-refractivity contribution >= 4 is 17.5 Å². The van der Waals surface area contributed by atoms with Crippen LogP contribution in [0.25, 0.3) is 0 Å². The second kappa shape index (κ2) is 8.10. The van der Waals surface area contributed by atoms with E-state index in [9.17, 15) is 9.59 Å². The minimum absolute atomic E-state index is 0.0223. The normalized spacial score (nSPS) is 10.2. The van der Waals surface area contributed by atoms with Gasteiger partial charge in [0.05, 0.1) is 6.61 Å². The van der Waals surface area contributed by atoms with E-state index in [1.165, 1.54) is 0 Å². The zero-order valence-electron chi connectivity index (χ0n) is 13.3. The van der Waals surface area contributed by atoms with Crippen LogP contribution in [0.1, 0.15) is 21.5 Å². The van der Waals surface area contributed by atoms with E-state index in [0.29, 0.717) is 17.9 Å². The zero-order valence-corrected chi connectivity index (χ0v) is 13.3. The third kappa shape index (κ3) is 4.93. The van der Waals surface area contributed by atoms with E-state index >= 15 is 0 Å². The number of amides is 2. The largest absolute Gasteiger partial charge is 0.367 e. The van der Waals surface area contributed by atoms with Gasteiger partial charge in [0.15, 0.2) is 0 Å². The molecule has 2 rings (SSSR count). The fourth-order valence-corrected chi connectivity index (χ4v) is 2.11. The van der Waals surface area contributed by atoms with Gasteiger partial charge in [0.1, 0.15) is 6.61 Å². The second-order valence-electron chi connectivity index (χ2n) is 5.14. The van der Waals surface area contributed by atoms with Crippen LogP contribution >= 0.6 is 0 Å². The van der Waals surface area contributed by atoms with Crippen LogP contribution in [0.3, 0.4) is 0 Å². The summed E-state index contributed by atoms with van der Waals surface area (Å²) < 4.78 is 5.40. The van der Waals surface area contributed by atoms with Gasteiger partial charge in [0.2, 0.25) is 5.91 Å². The third-order valence-corrected chi connectivity index (χ3v) is 3.33. The highest BCUT2D eigenvalue weighted by atomic mass is 16.5. The van der Waals surface area contributed by atoms with E-state index in [2.05, 4.69) is 10.6 Å². The number of hydrogen-bond donors (Lipinski definition) is 2. The SMILES string of the molecule is CNC(=O)c1ccc(NC(=O)COCc2ccccc2)c(C)c1. The van der Waals surface area contributed by atoms with Crippen LogP contribution in [0.5, 0.6) is 0 Å². The van der Waals surface area contributed by atoms with E-state index in [4.69, 9.17) is 4.74 Å². The second-order valence-corrected chi connectivity index (χ2v) is 5.14. The Bertz CT molecular complexity index is 684. The van der Waals surface area contributed by atoms with Crippen molar-refractivity contribution in [1.29, 1.82) is 0 Å². The highest BCUT2D eigenvalue weighted by Crippen LogP contribution is 2.16. The minimum atomic E-state index is -0.225. The number of anilines is 1. The molecule has 120 valence electrons. The predicted molar refractivity (Wildman–Crippen MR) is 89.3 cm³/mol. The summed E-state index contributed by atoms with van der Waals surface area (Å²) >= 11 is 0. The first-order chi connectivity index (χ1) is 11.1. The Balaban J connectivity index is 1.86. The Morgan fingerprint density at radius 3 is 2.48 bits per heavy atom. The van der Waals surface area contributed by atoms with Gasteiger partial charge in [-0.3, -0.25) is 9.59 Å².